The summed E-state index contributed by atoms with van der Waals surface area (Å²) in [5.41, 5.74) is 2.74. The minimum Gasteiger partial charge on any atom is -0.392 e. The van der Waals surface area contributed by atoms with E-state index in [-0.39, 0.29) is 23.3 Å². The Morgan fingerprint density at radius 2 is 1.76 bits per heavy atom. The van der Waals surface area contributed by atoms with Crippen molar-refractivity contribution in [1.29, 1.82) is 0 Å². The van der Waals surface area contributed by atoms with Crippen LogP contribution < -0.4 is 5.32 Å². The van der Waals surface area contributed by atoms with Crippen molar-refractivity contribution in [2.24, 2.45) is 0 Å². The average molecular weight is 286 g/mol. The van der Waals surface area contributed by atoms with Gasteiger partial charge in [0.25, 0.3) is 5.69 Å². The van der Waals surface area contributed by atoms with Crippen molar-refractivity contribution >= 4 is 5.69 Å². The van der Waals surface area contributed by atoms with Crippen molar-refractivity contribution in [3.63, 3.8) is 0 Å². The van der Waals surface area contributed by atoms with Crippen molar-refractivity contribution in [1.82, 2.24) is 5.32 Å². The summed E-state index contributed by atoms with van der Waals surface area (Å²) in [4.78, 5) is 10.7. The summed E-state index contributed by atoms with van der Waals surface area (Å²) < 4.78 is 0. The highest BCUT2D eigenvalue weighted by atomic mass is 16.6. The van der Waals surface area contributed by atoms with Crippen molar-refractivity contribution < 1.29 is 10.0 Å². The van der Waals surface area contributed by atoms with Crippen LogP contribution in [0.1, 0.15) is 29.7 Å². The number of aliphatic hydroxyl groups is 1. The van der Waals surface area contributed by atoms with Gasteiger partial charge in [-0.05, 0) is 18.1 Å². The molecule has 0 amide bonds. The second-order valence-corrected chi connectivity index (χ2v) is 4.89. The first-order valence-corrected chi connectivity index (χ1v) is 6.77. The van der Waals surface area contributed by atoms with E-state index < -0.39 is 0 Å². The molecule has 0 fully saturated rings. The highest BCUT2D eigenvalue weighted by Gasteiger charge is 2.17. The highest BCUT2D eigenvalue weighted by molar-refractivity contribution is 5.41. The Morgan fingerprint density at radius 3 is 2.38 bits per heavy atom. The third-order valence-corrected chi connectivity index (χ3v) is 3.42. The zero-order valence-electron chi connectivity index (χ0n) is 11.8. The van der Waals surface area contributed by atoms with E-state index in [0.29, 0.717) is 12.1 Å². The summed E-state index contributed by atoms with van der Waals surface area (Å²) in [6, 6.07) is 14.2. The van der Waals surface area contributed by atoms with Crippen molar-refractivity contribution in [3.8, 4) is 0 Å². The Hall–Kier alpha value is -2.24. The average Bonchev–Trinajstić information content (AvgIpc) is 2.53. The number of nitrogens with zero attached hydrogens (tertiary/aromatic N) is 1. The van der Waals surface area contributed by atoms with Gasteiger partial charge in [0.1, 0.15) is 0 Å². The van der Waals surface area contributed by atoms with Crippen LogP contribution in [0.15, 0.2) is 48.5 Å². The molecule has 2 rings (SSSR count). The van der Waals surface area contributed by atoms with Crippen LogP contribution in [0, 0.1) is 10.1 Å². The second kappa shape index (κ2) is 6.97. The molecule has 0 radical (unpaired) electrons. The first-order valence-electron chi connectivity index (χ1n) is 6.77. The lowest BCUT2D eigenvalue weighted by Gasteiger charge is -2.14. The molecule has 0 saturated carbocycles. The van der Waals surface area contributed by atoms with Gasteiger partial charge in [0, 0.05) is 24.2 Å². The first kappa shape index (κ1) is 15.2. The molecule has 0 spiro atoms. The Balaban J connectivity index is 2.04. The summed E-state index contributed by atoms with van der Waals surface area (Å²) >= 11 is 0. The molecule has 0 heterocycles. The van der Waals surface area contributed by atoms with Crippen LogP contribution in [-0.2, 0) is 13.2 Å². The quantitative estimate of drug-likeness (QED) is 0.632. The molecule has 2 aromatic carbocycles. The lowest BCUT2D eigenvalue weighted by Crippen LogP contribution is -2.19. The molecule has 21 heavy (non-hydrogen) atoms. The topological polar surface area (TPSA) is 75.4 Å². The number of nitrogens with one attached hydrogen (secondary N) is 1. The lowest BCUT2D eigenvalue weighted by atomic mass is 10.1. The Kier molecular flexibility index (Phi) is 5.03. The van der Waals surface area contributed by atoms with Gasteiger partial charge < -0.3 is 10.4 Å². The zero-order valence-corrected chi connectivity index (χ0v) is 11.8. The van der Waals surface area contributed by atoms with Gasteiger partial charge in [-0.3, -0.25) is 10.1 Å². The number of nitro benzene ring substituents is 1. The number of rotatable bonds is 6. The molecule has 1 unspecified atom stereocenters. The van der Waals surface area contributed by atoms with Gasteiger partial charge in [0.05, 0.1) is 11.5 Å². The SMILES string of the molecule is CC(NCc1ccc(CO)cc1)c1ccccc1[N+](=O)[O-]. The minimum absolute atomic E-state index is 0.0281. The van der Waals surface area contributed by atoms with E-state index in [4.69, 9.17) is 5.11 Å². The number of aliphatic hydroxyl groups excluding tert-OH is 1. The largest absolute Gasteiger partial charge is 0.392 e. The Labute approximate surface area is 123 Å². The molecule has 5 heteroatoms. The molecule has 2 aromatic rings. The van der Waals surface area contributed by atoms with Crippen LogP contribution in [0.25, 0.3) is 0 Å². The molecule has 0 aliphatic rings. The maximum Gasteiger partial charge on any atom is 0.274 e. The summed E-state index contributed by atoms with van der Waals surface area (Å²) in [6.07, 6.45) is 0. The predicted octanol–water partition coefficient (Wildman–Crippen LogP) is 2.94. The van der Waals surface area contributed by atoms with Gasteiger partial charge in [0.2, 0.25) is 0 Å². The molecule has 0 aliphatic heterocycles. The van der Waals surface area contributed by atoms with Crippen LogP contribution in [0.2, 0.25) is 0 Å². The second-order valence-electron chi connectivity index (χ2n) is 4.89. The number of para-hydroxylation sites is 1. The predicted molar refractivity (Wildman–Crippen MR) is 80.7 cm³/mol. The Bertz CT molecular complexity index is 611. The smallest absolute Gasteiger partial charge is 0.274 e. The highest BCUT2D eigenvalue weighted by Crippen LogP contribution is 2.24. The fourth-order valence-corrected chi connectivity index (χ4v) is 2.16. The number of hydrogen-bond donors (Lipinski definition) is 2. The minimum atomic E-state index is -0.358. The van der Waals surface area contributed by atoms with Gasteiger partial charge in [-0.15, -0.1) is 0 Å². The van der Waals surface area contributed by atoms with Gasteiger partial charge in [-0.2, -0.15) is 0 Å². The van der Waals surface area contributed by atoms with E-state index in [9.17, 15) is 10.1 Å². The molecule has 110 valence electrons. The molecule has 5 nitrogen and oxygen atoms in total. The number of hydrogen-bond acceptors (Lipinski definition) is 4. The van der Waals surface area contributed by atoms with Gasteiger partial charge in [0.15, 0.2) is 0 Å². The van der Waals surface area contributed by atoms with E-state index >= 15 is 0 Å². The molecule has 0 bridgehead atoms. The molecular formula is C16H18N2O3. The van der Waals surface area contributed by atoms with Gasteiger partial charge in [-0.1, -0.05) is 42.5 Å². The van der Waals surface area contributed by atoms with E-state index in [1.807, 2.05) is 31.2 Å². The molecule has 0 aliphatic carbocycles. The van der Waals surface area contributed by atoms with Crippen molar-refractivity contribution in [3.05, 3.63) is 75.3 Å². The van der Waals surface area contributed by atoms with Crippen molar-refractivity contribution in [2.45, 2.75) is 26.1 Å². The zero-order chi connectivity index (χ0) is 15.2. The Morgan fingerprint density at radius 1 is 1.14 bits per heavy atom. The maximum absolute atomic E-state index is 11.0. The first-order chi connectivity index (χ1) is 10.1. The fourth-order valence-electron chi connectivity index (χ4n) is 2.16. The number of benzene rings is 2. The van der Waals surface area contributed by atoms with E-state index in [2.05, 4.69) is 5.32 Å². The third kappa shape index (κ3) is 3.87. The van der Waals surface area contributed by atoms with Gasteiger partial charge in [-0.25, -0.2) is 0 Å². The van der Waals surface area contributed by atoms with Crippen LogP contribution >= 0.6 is 0 Å². The summed E-state index contributed by atoms with van der Waals surface area (Å²) in [7, 11) is 0. The van der Waals surface area contributed by atoms with E-state index in [1.165, 1.54) is 6.07 Å². The molecule has 0 saturated heterocycles. The van der Waals surface area contributed by atoms with Crippen LogP contribution in [0.3, 0.4) is 0 Å². The van der Waals surface area contributed by atoms with Crippen LogP contribution in [0.5, 0.6) is 0 Å². The van der Waals surface area contributed by atoms with E-state index in [1.54, 1.807) is 18.2 Å². The lowest BCUT2D eigenvalue weighted by molar-refractivity contribution is -0.385. The number of nitro groups is 1. The molecule has 1 atom stereocenters. The van der Waals surface area contributed by atoms with Crippen LogP contribution in [-0.4, -0.2) is 10.0 Å². The monoisotopic (exact) mass is 286 g/mol. The third-order valence-electron chi connectivity index (χ3n) is 3.42. The summed E-state index contributed by atoms with van der Waals surface area (Å²) in [6.45, 7) is 2.55. The van der Waals surface area contributed by atoms with Crippen LogP contribution in [0.4, 0.5) is 5.69 Å². The summed E-state index contributed by atoms with van der Waals surface area (Å²) in [5.74, 6) is 0. The standard InChI is InChI=1S/C16H18N2O3/c1-12(15-4-2-3-5-16(15)18(20)21)17-10-13-6-8-14(11-19)9-7-13/h2-9,12,17,19H,10-11H2,1H3. The molecule has 0 aromatic heterocycles. The normalized spacial score (nSPS) is 12.1. The van der Waals surface area contributed by atoms with Crippen molar-refractivity contribution in [2.75, 3.05) is 0 Å². The van der Waals surface area contributed by atoms with Gasteiger partial charge >= 0.3 is 0 Å². The molecular weight excluding hydrogens is 268 g/mol. The fraction of sp³-hybridized carbons (Fsp3) is 0.250. The van der Waals surface area contributed by atoms with E-state index in [0.717, 1.165) is 11.1 Å². The maximum atomic E-state index is 11.0. The molecule has 2 N–H and O–H groups in total. The summed E-state index contributed by atoms with van der Waals surface area (Å²) in [5, 5.41) is 23.3.